The molecular formula is C12H17NO2. The number of hydrogen-bond acceptors (Lipinski definition) is 3. The zero-order chi connectivity index (χ0) is 10.7. The highest BCUT2D eigenvalue weighted by atomic mass is 16.5. The van der Waals surface area contributed by atoms with Crippen molar-refractivity contribution < 1.29 is 9.47 Å². The van der Waals surface area contributed by atoms with Gasteiger partial charge in [-0.2, -0.15) is 0 Å². The minimum atomic E-state index is 0.824. The molecular weight excluding hydrogens is 190 g/mol. The second-order valence-electron chi connectivity index (χ2n) is 3.75. The second kappa shape index (κ2) is 4.53. The summed E-state index contributed by atoms with van der Waals surface area (Å²) in [5.74, 6) is 0.951. The molecule has 1 aliphatic heterocycles. The number of ether oxygens (including phenoxy) is 2. The van der Waals surface area contributed by atoms with E-state index in [1.165, 1.54) is 11.3 Å². The smallest absolute Gasteiger partial charge is 0.121 e. The minimum Gasteiger partial charge on any atom is -0.496 e. The van der Waals surface area contributed by atoms with E-state index in [0.29, 0.717) is 0 Å². The maximum Gasteiger partial charge on any atom is 0.121 e. The van der Waals surface area contributed by atoms with Crippen LogP contribution in [-0.2, 0) is 4.74 Å². The summed E-state index contributed by atoms with van der Waals surface area (Å²) in [6.45, 7) is 5.68. The van der Waals surface area contributed by atoms with E-state index >= 15 is 0 Å². The average molecular weight is 207 g/mol. The topological polar surface area (TPSA) is 21.7 Å². The minimum absolute atomic E-state index is 0.824. The predicted octanol–water partition coefficient (Wildman–Crippen LogP) is 1.84. The Labute approximate surface area is 90.6 Å². The molecule has 2 rings (SSSR count). The standard InChI is InChI=1S/C12H17NO2/c1-10-9-11(3-4-12(10)14-2)13-5-7-15-8-6-13/h3-4,9H,5-8H2,1-2H3. The Morgan fingerprint density at radius 2 is 2.00 bits per heavy atom. The summed E-state index contributed by atoms with van der Waals surface area (Å²) < 4.78 is 10.6. The van der Waals surface area contributed by atoms with E-state index in [9.17, 15) is 0 Å². The molecule has 0 aromatic heterocycles. The monoisotopic (exact) mass is 207 g/mol. The van der Waals surface area contributed by atoms with Crippen LogP contribution in [0.3, 0.4) is 0 Å². The SMILES string of the molecule is COc1ccc(N2CCOCC2)cc1C. The normalized spacial score (nSPS) is 16.5. The van der Waals surface area contributed by atoms with Crippen LogP contribution in [-0.4, -0.2) is 33.4 Å². The van der Waals surface area contributed by atoms with E-state index < -0.39 is 0 Å². The summed E-state index contributed by atoms with van der Waals surface area (Å²) in [6.07, 6.45) is 0. The number of methoxy groups -OCH3 is 1. The van der Waals surface area contributed by atoms with Gasteiger partial charge in [-0.1, -0.05) is 0 Å². The molecule has 1 fully saturated rings. The highest BCUT2D eigenvalue weighted by Crippen LogP contribution is 2.24. The first-order valence-electron chi connectivity index (χ1n) is 5.28. The third-order valence-electron chi connectivity index (χ3n) is 2.75. The number of aryl methyl sites for hydroxylation is 1. The maximum atomic E-state index is 5.33. The van der Waals surface area contributed by atoms with Gasteiger partial charge in [-0.15, -0.1) is 0 Å². The second-order valence-corrected chi connectivity index (χ2v) is 3.75. The molecule has 0 spiro atoms. The van der Waals surface area contributed by atoms with Crippen molar-refractivity contribution in [1.82, 2.24) is 0 Å². The molecule has 3 nitrogen and oxygen atoms in total. The summed E-state index contributed by atoms with van der Waals surface area (Å²) in [7, 11) is 1.71. The van der Waals surface area contributed by atoms with Crippen molar-refractivity contribution in [2.24, 2.45) is 0 Å². The first-order valence-corrected chi connectivity index (χ1v) is 5.28. The lowest BCUT2D eigenvalue weighted by atomic mass is 10.2. The predicted molar refractivity (Wildman–Crippen MR) is 60.8 cm³/mol. The molecule has 0 bridgehead atoms. The van der Waals surface area contributed by atoms with Crippen molar-refractivity contribution in [3.63, 3.8) is 0 Å². The van der Waals surface area contributed by atoms with Crippen LogP contribution in [0.4, 0.5) is 5.69 Å². The van der Waals surface area contributed by atoms with Gasteiger partial charge in [-0.3, -0.25) is 0 Å². The van der Waals surface area contributed by atoms with Gasteiger partial charge in [0.2, 0.25) is 0 Å². The summed E-state index contributed by atoms with van der Waals surface area (Å²) in [6, 6.07) is 6.31. The van der Waals surface area contributed by atoms with Crippen molar-refractivity contribution in [1.29, 1.82) is 0 Å². The van der Waals surface area contributed by atoms with Gasteiger partial charge in [0.25, 0.3) is 0 Å². The molecule has 1 aromatic rings. The highest BCUT2D eigenvalue weighted by Gasteiger charge is 2.11. The first-order chi connectivity index (χ1) is 7.31. The maximum absolute atomic E-state index is 5.33. The molecule has 15 heavy (non-hydrogen) atoms. The van der Waals surface area contributed by atoms with Gasteiger partial charge in [0.05, 0.1) is 20.3 Å². The van der Waals surface area contributed by atoms with Crippen LogP contribution in [0.15, 0.2) is 18.2 Å². The molecule has 82 valence electrons. The molecule has 0 atom stereocenters. The van der Waals surface area contributed by atoms with E-state index in [4.69, 9.17) is 9.47 Å². The number of hydrogen-bond donors (Lipinski definition) is 0. The molecule has 0 unspecified atom stereocenters. The quantitative estimate of drug-likeness (QED) is 0.738. The Kier molecular flexibility index (Phi) is 3.11. The summed E-state index contributed by atoms with van der Waals surface area (Å²) in [5, 5.41) is 0. The van der Waals surface area contributed by atoms with E-state index in [1.807, 2.05) is 6.07 Å². The lowest BCUT2D eigenvalue weighted by Gasteiger charge is -2.29. The van der Waals surface area contributed by atoms with Crippen molar-refractivity contribution in [2.45, 2.75) is 6.92 Å². The Morgan fingerprint density at radius 3 is 2.60 bits per heavy atom. The van der Waals surface area contributed by atoms with Crippen molar-refractivity contribution in [3.8, 4) is 5.75 Å². The molecule has 3 heteroatoms. The number of morpholine rings is 1. The lowest BCUT2D eigenvalue weighted by Crippen LogP contribution is -2.36. The van der Waals surface area contributed by atoms with E-state index in [2.05, 4.69) is 24.0 Å². The Bertz CT molecular complexity index is 332. The summed E-state index contributed by atoms with van der Waals surface area (Å²) >= 11 is 0. The van der Waals surface area contributed by atoms with Crippen LogP contribution in [0.2, 0.25) is 0 Å². The fourth-order valence-corrected chi connectivity index (χ4v) is 1.88. The van der Waals surface area contributed by atoms with Crippen LogP contribution in [0.1, 0.15) is 5.56 Å². The molecule has 1 saturated heterocycles. The zero-order valence-corrected chi connectivity index (χ0v) is 9.32. The molecule has 0 aliphatic carbocycles. The van der Waals surface area contributed by atoms with E-state index in [0.717, 1.165) is 32.1 Å². The van der Waals surface area contributed by atoms with Crippen LogP contribution >= 0.6 is 0 Å². The fraction of sp³-hybridized carbons (Fsp3) is 0.500. The summed E-state index contributed by atoms with van der Waals surface area (Å²) in [4.78, 5) is 2.34. The Hall–Kier alpha value is -1.22. The molecule has 0 saturated carbocycles. The van der Waals surface area contributed by atoms with Gasteiger partial charge in [0, 0.05) is 18.8 Å². The molecule has 0 N–H and O–H groups in total. The highest BCUT2D eigenvalue weighted by molar-refractivity contribution is 5.53. The number of nitrogens with zero attached hydrogens (tertiary/aromatic N) is 1. The molecule has 0 amide bonds. The largest absolute Gasteiger partial charge is 0.496 e. The van der Waals surface area contributed by atoms with Crippen LogP contribution < -0.4 is 9.64 Å². The van der Waals surface area contributed by atoms with Gasteiger partial charge in [-0.25, -0.2) is 0 Å². The fourth-order valence-electron chi connectivity index (χ4n) is 1.88. The molecule has 1 aliphatic rings. The molecule has 1 heterocycles. The van der Waals surface area contributed by atoms with Gasteiger partial charge < -0.3 is 14.4 Å². The first kappa shape index (κ1) is 10.3. The average Bonchev–Trinajstić information content (AvgIpc) is 2.30. The van der Waals surface area contributed by atoms with Crippen molar-refractivity contribution >= 4 is 5.69 Å². The zero-order valence-electron chi connectivity index (χ0n) is 9.32. The Morgan fingerprint density at radius 1 is 1.27 bits per heavy atom. The number of anilines is 1. The summed E-state index contributed by atoms with van der Waals surface area (Å²) in [5.41, 5.74) is 2.44. The van der Waals surface area contributed by atoms with Crippen molar-refractivity contribution in [3.05, 3.63) is 23.8 Å². The number of benzene rings is 1. The van der Waals surface area contributed by atoms with Gasteiger partial charge in [0.1, 0.15) is 5.75 Å². The number of rotatable bonds is 2. The molecule has 1 aromatic carbocycles. The third-order valence-corrected chi connectivity index (χ3v) is 2.75. The van der Waals surface area contributed by atoms with Gasteiger partial charge in [-0.05, 0) is 30.7 Å². The van der Waals surface area contributed by atoms with Gasteiger partial charge >= 0.3 is 0 Å². The molecule has 0 radical (unpaired) electrons. The third kappa shape index (κ3) is 2.23. The Balaban J connectivity index is 2.17. The van der Waals surface area contributed by atoms with Gasteiger partial charge in [0.15, 0.2) is 0 Å². The lowest BCUT2D eigenvalue weighted by molar-refractivity contribution is 0.122. The van der Waals surface area contributed by atoms with E-state index in [1.54, 1.807) is 7.11 Å². The van der Waals surface area contributed by atoms with Crippen LogP contribution in [0.25, 0.3) is 0 Å². The van der Waals surface area contributed by atoms with Crippen LogP contribution in [0.5, 0.6) is 5.75 Å². The van der Waals surface area contributed by atoms with Crippen molar-refractivity contribution in [2.75, 3.05) is 38.3 Å². The van der Waals surface area contributed by atoms with E-state index in [-0.39, 0.29) is 0 Å². The van der Waals surface area contributed by atoms with Crippen LogP contribution in [0, 0.1) is 6.92 Å².